The highest BCUT2D eigenvalue weighted by atomic mass is 31.2. The van der Waals surface area contributed by atoms with E-state index < -0.39 is 7.82 Å². The van der Waals surface area contributed by atoms with Crippen LogP contribution in [0.15, 0.2) is 4.79 Å². The average molecular weight is 459 g/mol. The van der Waals surface area contributed by atoms with Gasteiger partial charge in [0.2, 0.25) is 5.95 Å². The Morgan fingerprint density at radius 1 is 1.26 bits per heavy atom. The fourth-order valence-corrected chi connectivity index (χ4v) is 5.03. The summed E-state index contributed by atoms with van der Waals surface area (Å²) in [4.78, 5) is 30.6. The summed E-state index contributed by atoms with van der Waals surface area (Å²) in [5.41, 5.74) is 5.67. The molecule has 0 spiro atoms. The van der Waals surface area contributed by atoms with Crippen LogP contribution in [0.1, 0.15) is 51.9 Å². The van der Waals surface area contributed by atoms with E-state index in [1.165, 1.54) is 12.8 Å². The molecule has 1 aliphatic heterocycles. The lowest BCUT2D eigenvalue weighted by Crippen LogP contribution is -2.55. The Labute approximate surface area is 182 Å². The maximum atomic E-state index is 12.3. The van der Waals surface area contributed by atoms with Crippen molar-refractivity contribution in [2.75, 3.05) is 42.4 Å². The average Bonchev–Trinajstić information content (AvgIpc) is 3.10. The van der Waals surface area contributed by atoms with Crippen molar-refractivity contribution in [2.24, 2.45) is 11.8 Å². The third-order valence-electron chi connectivity index (χ3n) is 6.08. The number of anilines is 3. The van der Waals surface area contributed by atoms with E-state index in [2.05, 4.69) is 22.2 Å². The van der Waals surface area contributed by atoms with Crippen molar-refractivity contribution >= 4 is 25.3 Å². The SMILES string of the molecule is CCCCCCCCOP(=O)(O)OCC1C(CO)CC1N1CNc2c1nc(N)[nH]c2=O. The minimum Gasteiger partial charge on any atom is -0.396 e. The topological polar surface area (TPSA) is 163 Å². The first kappa shape index (κ1) is 24.0. The molecule has 2 aliphatic rings. The van der Waals surface area contributed by atoms with E-state index >= 15 is 0 Å². The summed E-state index contributed by atoms with van der Waals surface area (Å²) < 4.78 is 22.6. The van der Waals surface area contributed by atoms with Crippen LogP contribution in [-0.2, 0) is 13.6 Å². The fourth-order valence-electron chi connectivity index (χ4n) is 4.23. The van der Waals surface area contributed by atoms with Crippen molar-refractivity contribution in [3.8, 4) is 0 Å². The number of nitrogens with zero attached hydrogens (tertiary/aromatic N) is 2. The molecule has 0 amide bonds. The molecule has 31 heavy (non-hydrogen) atoms. The molecule has 1 aliphatic carbocycles. The molecular weight excluding hydrogens is 425 g/mol. The van der Waals surface area contributed by atoms with Gasteiger partial charge in [0.15, 0.2) is 5.82 Å². The number of hydrogen-bond donors (Lipinski definition) is 5. The molecule has 4 atom stereocenters. The van der Waals surface area contributed by atoms with Crippen molar-refractivity contribution in [1.29, 1.82) is 0 Å². The van der Waals surface area contributed by atoms with E-state index in [0.717, 1.165) is 19.3 Å². The largest absolute Gasteiger partial charge is 0.472 e. The number of nitrogens with one attached hydrogen (secondary N) is 2. The Balaban J connectivity index is 1.51. The van der Waals surface area contributed by atoms with Crippen molar-refractivity contribution in [1.82, 2.24) is 9.97 Å². The van der Waals surface area contributed by atoms with Crippen LogP contribution >= 0.6 is 7.82 Å². The van der Waals surface area contributed by atoms with Crippen molar-refractivity contribution in [2.45, 2.75) is 57.9 Å². The van der Waals surface area contributed by atoms with Crippen molar-refractivity contribution < 1.29 is 23.6 Å². The first-order valence-electron chi connectivity index (χ1n) is 11.0. The van der Waals surface area contributed by atoms with Crippen LogP contribution in [0.25, 0.3) is 0 Å². The zero-order chi connectivity index (χ0) is 22.4. The lowest BCUT2D eigenvalue weighted by atomic mass is 9.69. The molecule has 1 aromatic heterocycles. The van der Waals surface area contributed by atoms with Crippen molar-refractivity contribution in [3.05, 3.63) is 10.4 Å². The first-order valence-corrected chi connectivity index (χ1v) is 12.5. The monoisotopic (exact) mass is 459 g/mol. The number of nitrogen functional groups attached to an aromatic ring is 1. The molecule has 12 heteroatoms. The highest BCUT2D eigenvalue weighted by molar-refractivity contribution is 7.47. The number of rotatable bonds is 13. The normalized spacial score (nSPS) is 24.4. The molecule has 1 aromatic rings. The van der Waals surface area contributed by atoms with Crippen LogP contribution < -0.4 is 21.5 Å². The van der Waals surface area contributed by atoms with Gasteiger partial charge in [-0.1, -0.05) is 39.0 Å². The molecule has 11 nitrogen and oxygen atoms in total. The van der Waals surface area contributed by atoms with E-state index in [-0.39, 0.29) is 49.2 Å². The second-order valence-corrected chi connectivity index (χ2v) is 9.68. The highest BCUT2D eigenvalue weighted by Gasteiger charge is 2.47. The second-order valence-electron chi connectivity index (χ2n) is 8.23. The number of H-pyrrole nitrogens is 1. The summed E-state index contributed by atoms with van der Waals surface area (Å²) >= 11 is 0. The lowest BCUT2D eigenvalue weighted by molar-refractivity contribution is 0.0168. The number of phosphoric ester groups is 1. The number of nitrogens with two attached hydrogens (primary N) is 1. The maximum absolute atomic E-state index is 12.3. The van der Waals surface area contributed by atoms with E-state index in [1.807, 2.05) is 4.90 Å². The van der Waals surface area contributed by atoms with Gasteiger partial charge < -0.3 is 26.0 Å². The quantitative estimate of drug-likeness (QED) is 0.218. The van der Waals surface area contributed by atoms with Gasteiger partial charge >= 0.3 is 7.82 Å². The van der Waals surface area contributed by atoms with Gasteiger partial charge in [-0.05, 0) is 18.8 Å². The number of hydrogen-bond acceptors (Lipinski definition) is 9. The van der Waals surface area contributed by atoms with Crippen LogP contribution in [0.2, 0.25) is 0 Å². The first-order chi connectivity index (χ1) is 14.9. The van der Waals surface area contributed by atoms with Crippen LogP contribution in [0.5, 0.6) is 0 Å². The Morgan fingerprint density at radius 3 is 2.74 bits per heavy atom. The third-order valence-corrected chi connectivity index (χ3v) is 7.06. The van der Waals surface area contributed by atoms with E-state index in [1.54, 1.807) is 0 Å². The number of aliphatic hydroxyl groups is 1. The van der Waals surface area contributed by atoms with E-state index in [9.17, 15) is 19.4 Å². The predicted molar refractivity (Wildman–Crippen MR) is 118 cm³/mol. The Kier molecular flexibility index (Phi) is 8.35. The molecule has 2 heterocycles. The minimum atomic E-state index is -4.17. The lowest BCUT2D eigenvalue weighted by Gasteiger charge is -2.48. The Bertz CT molecular complexity index is 836. The summed E-state index contributed by atoms with van der Waals surface area (Å²) in [5.74, 6) is 0.176. The van der Waals surface area contributed by atoms with E-state index in [4.69, 9.17) is 14.8 Å². The van der Waals surface area contributed by atoms with Crippen LogP contribution in [0.4, 0.5) is 17.5 Å². The summed E-state index contributed by atoms with van der Waals surface area (Å²) in [5, 5.41) is 12.7. The molecule has 0 bridgehead atoms. The molecule has 1 saturated carbocycles. The van der Waals surface area contributed by atoms with Gasteiger partial charge in [-0.25, -0.2) is 4.57 Å². The number of unbranched alkanes of at least 4 members (excludes halogenated alkanes) is 5. The highest BCUT2D eigenvalue weighted by Crippen LogP contribution is 2.48. The number of phosphoric acid groups is 1. The van der Waals surface area contributed by atoms with Gasteiger partial charge in [-0.3, -0.25) is 18.8 Å². The molecular formula is C19H34N5O6P. The van der Waals surface area contributed by atoms with Gasteiger partial charge in [0, 0.05) is 18.6 Å². The molecule has 0 saturated heterocycles. The second kappa shape index (κ2) is 10.8. The van der Waals surface area contributed by atoms with Gasteiger partial charge in [0.05, 0.1) is 19.9 Å². The summed E-state index contributed by atoms with van der Waals surface area (Å²) in [6, 6.07) is -0.113. The molecule has 4 unspecified atom stereocenters. The number of aromatic amines is 1. The fraction of sp³-hybridized carbons (Fsp3) is 0.789. The standard InChI is InChI=1S/C19H34N5O6P/c1-2-3-4-5-6-7-8-29-31(27,28)30-11-14-13(10-25)9-15(14)24-12-21-16-17(24)22-19(20)23-18(16)26/h13-15,21,25H,2-12H2,1H3,(H,27,28)(H3,20,22,23,26). The van der Waals surface area contributed by atoms with Gasteiger partial charge in [0.1, 0.15) is 5.69 Å². The van der Waals surface area contributed by atoms with Gasteiger partial charge in [-0.2, -0.15) is 4.98 Å². The molecule has 0 radical (unpaired) electrons. The van der Waals surface area contributed by atoms with Crippen LogP contribution in [0.3, 0.4) is 0 Å². The van der Waals surface area contributed by atoms with Crippen molar-refractivity contribution in [3.63, 3.8) is 0 Å². The Hall–Kier alpha value is -1.65. The zero-order valence-electron chi connectivity index (χ0n) is 18.0. The maximum Gasteiger partial charge on any atom is 0.472 e. The molecule has 176 valence electrons. The number of aliphatic hydroxyl groups excluding tert-OH is 1. The number of fused-ring (bicyclic) bond motifs is 1. The summed E-state index contributed by atoms with van der Waals surface area (Å²) in [7, 11) is -4.17. The summed E-state index contributed by atoms with van der Waals surface area (Å²) in [6.07, 6.45) is 6.93. The minimum absolute atomic E-state index is 0.0197. The molecule has 6 N–H and O–H groups in total. The van der Waals surface area contributed by atoms with Crippen LogP contribution in [-0.4, -0.2) is 52.5 Å². The predicted octanol–water partition coefficient (Wildman–Crippen LogP) is 2.03. The van der Waals surface area contributed by atoms with Gasteiger partial charge in [0.25, 0.3) is 5.56 Å². The summed E-state index contributed by atoms with van der Waals surface area (Å²) in [6.45, 7) is 2.59. The third kappa shape index (κ3) is 5.98. The molecule has 1 fully saturated rings. The molecule has 3 rings (SSSR count). The number of aromatic nitrogens is 2. The smallest absolute Gasteiger partial charge is 0.396 e. The van der Waals surface area contributed by atoms with Gasteiger partial charge in [-0.15, -0.1) is 0 Å². The Morgan fingerprint density at radius 2 is 2.00 bits per heavy atom. The molecule has 0 aromatic carbocycles. The zero-order valence-corrected chi connectivity index (χ0v) is 18.9. The van der Waals surface area contributed by atoms with Crippen LogP contribution in [0, 0.1) is 11.8 Å². The van der Waals surface area contributed by atoms with E-state index in [0.29, 0.717) is 31.0 Å².